The molecule has 0 atom stereocenters. The molecule has 0 fully saturated rings. The minimum absolute atomic E-state index is 0.800. The molecule has 2 heterocycles. The molecule has 0 unspecified atom stereocenters. The van der Waals surface area contributed by atoms with E-state index in [-0.39, 0.29) is 0 Å². The fourth-order valence-corrected chi connectivity index (χ4v) is 3.70. The van der Waals surface area contributed by atoms with E-state index in [0.29, 0.717) is 0 Å². The Morgan fingerprint density at radius 2 is 1.59 bits per heavy atom. The highest BCUT2D eigenvalue weighted by molar-refractivity contribution is 5.62. The minimum atomic E-state index is 0.800. The summed E-state index contributed by atoms with van der Waals surface area (Å²) in [7, 11) is 0. The largest absolute Gasteiger partial charge is 0.357 e. The molecular formula is C23H26N4. The molecule has 0 N–H and O–H groups in total. The molecular weight excluding hydrogens is 332 g/mol. The fraction of sp³-hybridized carbons (Fsp3) is 0.304. The SMILES string of the molecule is CCN(CC)c1cc(N2CCc3ccccc3C2)nc(-c2ccccc2)n1. The van der Waals surface area contributed by atoms with Gasteiger partial charge < -0.3 is 9.80 Å². The molecule has 2 aromatic carbocycles. The van der Waals surface area contributed by atoms with Crippen molar-refractivity contribution in [1.29, 1.82) is 0 Å². The molecule has 0 amide bonds. The van der Waals surface area contributed by atoms with E-state index < -0.39 is 0 Å². The van der Waals surface area contributed by atoms with Crippen molar-refractivity contribution < 1.29 is 0 Å². The summed E-state index contributed by atoms with van der Waals surface area (Å²) in [5.74, 6) is 2.82. The number of hydrogen-bond acceptors (Lipinski definition) is 4. The van der Waals surface area contributed by atoms with Crippen molar-refractivity contribution in [2.24, 2.45) is 0 Å². The smallest absolute Gasteiger partial charge is 0.163 e. The average Bonchev–Trinajstić information content (AvgIpc) is 2.75. The summed E-state index contributed by atoms with van der Waals surface area (Å²) in [5, 5.41) is 0. The third kappa shape index (κ3) is 3.65. The Balaban J connectivity index is 1.75. The lowest BCUT2D eigenvalue weighted by Gasteiger charge is -2.31. The molecule has 1 aliphatic heterocycles. The van der Waals surface area contributed by atoms with Gasteiger partial charge in [-0.3, -0.25) is 0 Å². The van der Waals surface area contributed by atoms with Gasteiger partial charge in [0.1, 0.15) is 11.6 Å². The summed E-state index contributed by atoms with van der Waals surface area (Å²) < 4.78 is 0. The first-order chi connectivity index (χ1) is 13.3. The van der Waals surface area contributed by atoms with Gasteiger partial charge in [0.05, 0.1) is 0 Å². The molecule has 1 aromatic heterocycles. The molecule has 1 aliphatic rings. The lowest BCUT2D eigenvalue weighted by atomic mass is 10.00. The van der Waals surface area contributed by atoms with Gasteiger partial charge in [0.25, 0.3) is 0 Å². The van der Waals surface area contributed by atoms with Gasteiger partial charge in [0.2, 0.25) is 0 Å². The van der Waals surface area contributed by atoms with Gasteiger partial charge in [-0.05, 0) is 31.4 Å². The number of nitrogens with zero attached hydrogens (tertiary/aromatic N) is 4. The molecule has 138 valence electrons. The van der Waals surface area contributed by atoms with Gasteiger partial charge in [-0.2, -0.15) is 0 Å². The Kier molecular flexibility index (Phi) is 5.05. The summed E-state index contributed by atoms with van der Waals surface area (Å²) >= 11 is 0. The summed E-state index contributed by atoms with van der Waals surface area (Å²) in [6.45, 7) is 8.10. The van der Waals surface area contributed by atoms with E-state index in [1.54, 1.807) is 0 Å². The number of benzene rings is 2. The highest BCUT2D eigenvalue weighted by Crippen LogP contribution is 2.28. The van der Waals surface area contributed by atoms with Crippen LogP contribution in [0, 0.1) is 0 Å². The Morgan fingerprint density at radius 1 is 0.889 bits per heavy atom. The number of anilines is 2. The second kappa shape index (κ2) is 7.78. The van der Waals surface area contributed by atoms with E-state index in [0.717, 1.165) is 55.6 Å². The Hall–Kier alpha value is -2.88. The van der Waals surface area contributed by atoms with Crippen LogP contribution in [0.4, 0.5) is 11.6 Å². The summed E-state index contributed by atoms with van der Waals surface area (Å²) in [5.41, 5.74) is 3.91. The highest BCUT2D eigenvalue weighted by Gasteiger charge is 2.20. The molecule has 27 heavy (non-hydrogen) atoms. The summed E-state index contributed by atoms with van der Waals surface area (Å²) in [4.78, 5) is 14.5. The molecule has 0 aliphatic carbocycles. The molecule has 4 nitrogen and oxygen atoms in total. The maximum Gasteiger partial charge on any atom is 0.163 e. The third-order valence-corrected chi connectivity index (χ3v) is 5.27. The lowest BCUT2D eigenvalue weighted by molar-refractivity contribution is 0.718. The first-order valence-corrected chi connectivity index (χ1v) is 9.79. The van der Waals surface area contributed by atoms with Crippen LogP contribution >= 0.6 is 0 Å². The zero-order chi connectivity index (χ0) is 18.6. The lowest BCUT2D eigenvalue weighted by Crippen LogP contribution is -2.32. The molecule has 0 spiro atoms. The molecule has 0 bridgehead atoms. The first-order valence-electron chi connectivity index (χ1n) is 9.79. The van der Waals surface area contributed by atoms with Crippen LogP contribution in [-0.4, -0.2) is 29.6 Å². The minimum Gasteiger partial charge on any atom is -0.357 e. The molecule has 3 aromatic rings. The molecule has 4 rings (SSSR count). The van der Waals surface area contributed by atoms with Gasteiger partial charge in [-0.15, -0.1) is 0 Å². The normalized spacial score (nSPS) is 13.3. The van der Waals surface area contributed by atoms with Crippen LogP contribution in [0.2, 0.25) is 0 Å². The van der Waals surface area contributed by atoms with E-state index in [4.69, 9.17) is 9.97 Å². The van der Waals surface area contributed by atoms with E-state index in [1.807, 2.05) is 18.2 Å². The van der Waals surface area contributed by atoms with Crippen molar-refractivity contribution in [3.8, 4) is 11.4 Å². The van der Waals surface area contributed by atoms with Crippen molar-refractivity contribution in [2.75, 3.05) is 29.4 Å². The molecule has 0 saturated heterocycles. The van der Waals surface area contributed by atoms with Crippen LogP contribution in [-0.2, 0) is 13.0 Å². The molecule has 0 radical (unpaired) electrons. The second-order valence-electron chi connectivity index (χ2n) is 6.89. The Bertz CT molecular complexity index is 903. The topological polar surface area (TPSA) is 32.3 Å². The van der Waals surface area contributed by atoms with Crippen molar-refractivity contribution in [3.05, 3.63) is 71.8 Å². The third-order valence-electron chi connectivity index (χ3n) is 5.27. The van der Waals surface area contributed by atoms with Crippen LogP contribution in [0.5, 0.6) is 0 Å². The average molecular weight is 358 g/mol. The maximum atomic E-state index is 4.94. The van der Waals surface area contributed by atoms with Gasteiger partial charge >= 0.3 is 0 Å². The van der Waals surface area contributed by atoms with Gasteiger partial charge in [0, 0.05) is 37.8 Å². The van der Waals surface area contributed by atoms with Gasteiger partial charge in [0.15, 0.2) is 5.82 Å². The fourth-order valence-electron chi connectivity index (χ4n) is 3.70. The molecule has 4 heteroatoms. The standard InChI is InChI=1S/C23H26N4/c1-3-26(4-2)21-16-22(25-23(24-21)19-11-6-5-7-12-19)27-15-14-18-10-8-9-13-20(18)17-27/h5-13,16H,3-4,14-15,17H2,1-2H3. The second-order valence-corrected chi connectivity index (χ2v) is 6.89. The maximum absolute atomic E-state index is 4.94. The van der Waals surface area contributed by atoms with Crippen LogP contribution in [0.1, 0.15) is 25.0 Å². The van der Waals surface area contributed by atoms with Crippen molar-refractivity contribution >= 4 is 11.6 Å². The first kappa shape index (κ1) is 17.5. The van der Waals surface area contributed by atoms with E-state index in [2.05, 4.69) is 66.1 Å². The van der Waals surface area contributed by atoms with E-state index >= 15 is 0 Å². The van der Waals surface area contributed by atoms with E-state index in [9.17, 15) is 0 Å². The summed E-state index contributed by atoms with van der Waals surface area (Å²) in [6, 6.07) is 21.1. The summed E-state index contributed by atoms with van der Waals surface area (Å²) in [6.07, 6.45) is 1.06. The Morgan fingerprint density at radius 3 is 2.33 bits per heavy atom. The monoisotopic (exact) mass is 358 g/mol. The van der Waals surface area contributed by atoms with Crippen LogP contribution in [0.15, 0.2) is 60.7 Å². The zero-order valence-corrected chi connectivity index (χ0v) is 16.1. The number of fused-ring (bicyclic) bond motifs is 1. The van der Waals surface area contributed by atoms with Crippen molar-refractivity contribution in [1.82, 2.24) is 9.97 Å². The Labute approximate surface area is 161 Å². The number of aromatic nitrogens is 2. The van der Waals surface area contributed by atoms with E-state index in [1.165, 1.54) is 11.1 Å². The van der Waals surface area contributed by atoms with Crippen molar-refractivity contribution in [3.63, 3.8) is 0 Å². The number of hydrogen-bond donors (Lipinski definition) is 0. The van der Waals surface area contributed by atoms with Crippen molar-refractivity contribution in [2.45, 2.75) is 26.8 Å². The van der Waals surface area contributed by atoms with Gasteiger partial charge in [-0.25, -0.2) is 9.97 Å². The van der Waals surface area contributed by atoms with Crippen LogP contribution in [0.3, 0.4) is 0 Å². The predicted octanol–water partition coefficient (Wildman–Crippen LogP) is 4.55. The highest BCUT2D eigenvalue weighted by atomic mass is 15.2. The quantitative estimate of drug-likeness (QED) is 0.670. The van der Waals surface area contributed by atoms with Crippen LogP contribution < -0.4 is 9.80 Å². The van der Waals surface area contributed by atoms with Crippen LogP contribution in [0.25, 0.3) is 11.4 Å². The predicted molar refractivity (Wildman–Crippen MR) is 112 cm³/mol. The zero-order valence-electron chi connectivity index (χ0n) is 16.1. The number of rotatable bonds is 5. The molecule has 0 saturated carbocycles. The van der Waals surface area contributed by atoms with Gasteiger partial charge in [-0.1, -0.05) is 54.6 Å².